The van der Waals surface area contributed by atoms with Gasteiger partial charge in [-0.15, -0.1) is 0 Å². The lowest BCUT2D eigenvalue weighted by Crippen LogP contribution is -2.46. The van der Waals surface area contributed by atoms with Gasteiger partial charge in [0.1, 0.15) is 0 Å². The Labute approximate surface area is 124 Å². The van der Waals surface area contributed by atoms with Crippen molar-refractivity contribution in [2.45, 2.75) is 39.2 Å². The van der Waals surface area contributed by atoms with E-state index in [0.717, 1.165) is 38.4 Å². The van der Waals surface area contributed by atoms with Gasteiger partial charge in [0, 0.05) is 39.0 Å². The van der Waals surface area contributed by atoms with Crippen molar-refractivity contribution in [3.8, 4) is 0 Å². The quantitative estimate of drug-likeness (QED) is 0.305. The molecule has 0 saturated heterocycles. The fourth-order valence-electron chi connectivity index (χ4n) is 1.91. The molecule has 6 nitrogen and oxygen atoms in total. The fourth-order valence-corrected chi connectivity index (χ4v) is 4.54. The summed E-state index contributed by atoms with van der Waals surface area (Å²) >= 11 is 0. The SMILES string of the molecule is CCO[Si](CCCNCCN)(OCC)OCCCCN. The molecule has 0 heterocycles. The third kappa shape index (κ3) is 9.81. The van der Waals surface area contributed by atoms with E-state index in [4.69, 9.17) is 24.7 Å². The molecule has 122 valence electrons. The third-order valence-electron chi connectivity index (χ3n) is 2.81. The van der Waals surface area contributed by atoms with Gasteiger partial charge in [0.25, 0.3) is 0 Å². The summed E-state index contributed by atoms with van der Waals surface area (Å²) in [6.45, 7) is 9.00. The molecule has 0 aliphatic rings. The molecular formula is C13H33N3O3Si. The lowest BCUT2D eigenvalue weighted by molar-refractivity contribution is 0.0654. The van der Waals surface area contributed by atoms with Crippen LogP contribution in [-0.2, 0) is 13.3 Å². The smallest absolute Gasteiger partial charge is 0.374 e. The molecule has 5 N–H and O–H groups in total. The predicted octanol–water partition coefficient (Wildman–Crippen LogP) is 0.692. The van der Waals surface area contributed by atoms with Crippen molar-refractivity contribution in [3.05, 3.63) is 0 Å². The number of rotatable bonds is 15. The van der Waals surface area contributed by atoms with E-state index in [1.807, 2.05) is 13.8 Å². The zero-order valence-corrected chi connectivity index (χ0v) is 14.2. The first kappa shape index (κ1) is 20.0. The number of unbranched alkanes of at least 4 members (excludes halogenated alkanes) is 1. The van der Waals surface area contributed by atoms with Crippen LogP contribution in [0.1, 0.15) is 33.1 Å². The minimum absolute atomic E-state index is 0.624. The van der Waals surface area contributed by atoms with Gasteiger partial charge >= 0.3 is 8.80 Å². The second-order valence-electron chi connectivity index (χ2n) is 4.54. The number of hydrogen-bond donors (Lipinski definition) is 3. The monoisotopic (exact) mass is 307 g/mol. The Morgan fingerprint density at radius 3 is 2.10 bits per heavy atom. The Hall–Kier alpha value is -0.0231. The summed E-state index contributed by atoms with van der Waals surface area (Å²) in [4.78, 5) is 0. The van der Waals surface area contributed by atoms with E-state index in [9.17, 15) is 0 Å². The van der Waals surface area contributed by atoms with Gasteiger partial charge in [-0.05, 0) is 46.2 Å². The van der Waals surface area contributed by atoms with Crippen LogP contribution in [0.2, 0.25) is 6.04 Å². The van der Waals surface area contributed by atoms with Crippen LogP contribution in [0.5, 0.6) is 0 Å². The van der Waals surface area contributed by atoms with E-state index in [1.54, 1.807) is 0 Å². The zero-order valence-electron chi connectivity index (χ0n) is 13.2. The van der Waals surface area contributed by atoms with Gasteiger partial charge in [-0.25, -0.2) is 0 Å². The normalized spacial score (nSPS) is 12.0. The van der Waals surface area contributed by atoms with Crippen LogP contribution in [0.4, 0.5) is 0 Å². The van der Waals surface area contributed by atoms with E-state index in [1.165, 1.54) is 0 Å². The molecular weight excluding hydrogens is 274 g/mol. The van der Waals surface area contributed by atoms with Gasteiger partial charge in [-0.1, -0.05) is 0 Å². The van der Waals surface area contributed by atoms with E-state index in [0.29, 0.717) is 32.9 Å². The molecule has 0 fully saturated rings. The third-order valence-corrected chi connectivity index (χ3v) is 5.87. The summed E-state index contributed by atoms with van der Waals surface area (Å²) in [5.41, 5.74) is 10.9. The molecule has 0 saturated carbocycles. The average Bonchev–Trinajstić information content (AvgIpc) is 2.44. The lowest BCUT2D eigenvalue weighted by Gasteiger charge is -2.29. The molecule has 20 heavy (non-hydrogen) atoms. The largest absolute Gasteiger partial charge is 0.500 e. The van der Waals surface area contributed by atoms with Crippen molar-refractivity contribution in [1.29, 1.82) is 0 Å². The first-order valence-corrected chi connectivity index (χ1v) is 9.70. The number of nitrogens with two attached hydrogens (primary N) is 2. The van der Waals surface area contributed by atoms with Crippen LogP contribution >= 0.6 is 0 Å². The standard InChI is InChI=1S/C13H33N3O3Si/c1-3-17-20(18-4-2,19-12-6-5-8-14)13-7-10-16-11-9-15/h16H,3-15H2,1-2H3. The van der Waals surface area contributed by atoms with Crippen molar-refractivity contribution >= 4 is 8.80 Å². The van der Waals surface area contributed by atoms with Crippen molar-refractivity contribution in [1.82, 2.24) is 5.32 Å². The van der Waals surface area contributed by atoms with Gasteiger partial charge in [0.2, 0.25) is 0 Å². The summed E-state index contributed by atoms with van der Waals surface area (Å²) in [6.07, 6.45) is 2.90. The summed E-state index contributed by atoms with van der Waals surface area (Å²) in [5, 5.41) is 3.28. The predicted molar refractivity (Wildman–Crippen MR) is 84.6 cm³/mol. The molecule has 0 bridgehead atoms. The molecule has 0 aromatic carbocycles. The van der Waals surface area contributed by atoms with Gasteiger partial charge in [0.15, 0.2) is 0 Å². The van der Waals surface area contributed by atoms with Gasteiger partial charge in [0.05, 0.1) is 0 Å². The average molecular weight is 308 g/mol. The Bertz CT molecular complexity index is 205. The molecule has 0 unspecified atom stereocenters. The molecule has 0 amide bonds. The summed E-state index contributed by atoms with van der Waals surface area (Å²) < 4.78 is 17.7. The van der Waals surface area contributed by atoms with E-state index in [-0.39, 0.29) is 0 Å². The van der Waals surface area contributed by atoms with Crippen LogP contribution < -0.4 is 16.8 Å². The molecule has 7 heteroatoms. The van der Waals surface area contributed by atoms with Crippen molar-refractivity contribution < 1.29 is 13.3 Å². The summed E-state index contributed by atoms with van der Waals surface area (Å²) in [5.74, 6) is 0. The summed E-state index contributed by atoms with van der Waals surface area (Å²) in [6, 6.07) is 0.842. The van der Waals surface area contributed by atoms with Gasteiger partial charge in [-0.3, -0.25) is 0 Å². The maximum atomic E-state index is 6.01. The summed E-state index contributed by atoms with van der Waals surface area (Å²) in [7, 11) is -2.52. The molecule has 0 aromatic heterocycles. The fraction of sp³-hybridized carbons (Fsp3) is 1.00. The second-order valence-corrected chi connectivity index (χ2v) is 7.27. The van der Waals surface area contributed by atoms with Crippen molar-refractivity contribution in [2.75, 3.05) is 46.0 Å². The first-order valence-electron chi connectivity index (χ1n) is 7.77. The Morgan fingerprint density at radius 1 is 0.850 bits per heavy atom. The van der Waals surface area contributed by atoms with Gasteiger partial charge in [-0.2, -0.15) is 0 Å². The first-order chi connectivity index (χ1) is 9.74. The van der Waals surface area contributed by atoms with E-state index < -0.39 is 8.80 Å². The van der Waals surface area contributed by atoms with Crippen LogP contribution in [0.3, 0.4) is 0 Å². The molecule has 0 atom stereocenters. The maximum absolute atomic E-state index is 6.01. The second kappa shape index (κ2) is 13.9. The Balaban J connectivity index is 4.18. The van der Waals surface area contributed by atoms with Crippen molar-refractivity contribution in [2.24, 2.45) is 11.5 Å². The maximum Gasteiger partial charge on any atom is 0.500 e. The number of nitrogens with one attached hydrogen (secondary N) is 1. The van der Waals surface area contributed by atoms with Gasteiger partial charge < -0.3 is 30.1 Å². The Morgan fingerprint density at radius 2 is 1.55 bits per heavy atom. The minimum Gasteiger partial charge on any atom is -0.374 e. The molecule has 0 radical (unpaired) electrons. The van der Waals surface area contributed by atoms with E-state index >= 15 is 0 Å². The molecule has 0 aliphatic heterocycles. The van der Waals surface area contributed by atoms with Crippen LogP contribution in [0.15, 0.2) is 0 Å². The minimum atomic E-state index is -2.52. The highest BCUT2D eigenvalue weighted by atomic mass is 28.4. The van der Waals surface area contributed by atoms with Crippen LogP contribution in [-0.4, -0.2) is 54.8 Å². The highest BCUT2D eigenvalue weighted by molar-refractivity contribution is 6.60. The Kier molecular flexibility index (Phi) is 13.9. The lowest BCUT2D eigenvalue weighted by atomic mass is 10.3. The van der Waals surface area contributed by atoms with Crippen molar-refractivity contribution in [3.63, 3.8) is 0 Å². The molecule has 0 aliphatic carbocycles. The zero-order chi connectivity index (χ0) is 15.1. The number of hydrogen-bond acceptors (Lipinski definition) is 6. The van der Waals surface area contributed by atoms with Crippen LogP contribution in [0, 0.1) is 0 Å². The highest BCUT2D eigenvalue weighted by Crippen LogP contribution is 2.18. The molecule has 0 spiro atoms. The van der Waals surface area contributed by atoms with E-state index in [2.05, 4.69) is 5.32 Å². The highest BCUT2D eigenvalue weighted by Gasteiger charge is 2.39. The molecule has 0 rings (SSSR count). The molecule has 0 aromatic rings. The van der Waals surface area contributed by atoms with Crippen LogP contribution in [0.25, 0.3) is 0 Å². The topological polar surface area (TPSA) is 91.8 Å².